The summed E-state index contributed by atoms with van der Waals surface area (Å²) in [6.07, 6.45) is -4.19. The molecule has 1 heterocycles. The minimum absolute atomic E-state index is 0.161. The molecule has 30 heavy (non-hydrogen) atoms. The van der Waals surface area contributed by atoms with Crippen LogP contribution in [-0.4, -0.2) is 34.9 Å². The zero-order valence-corrected chi connectivity index (χ0v) is 16.2. The van der Waals surface area contributed by atoms with Crippen molar-refractivity contribution in [1.82, 2.24) is 4.98 Å². The first kappa shape index (κ1) is 22.0. The van der Waals surface area contributed by atoms with E-state index in [1.165, 1.54) is 13.2 Å². The molecule has 1 aliphatic rings. The summed E-state index contributed by atoms with van der Waals surface area (Å²) >= 11 is 0. The van der Waals surface area contributed by atoms with Gasteiger partial charge < -0.3 is 19.7 Å². The standard InChI is InChI=1S/C21H22F3NO5/c1-29-17(10-18(26)27)13-2-5-15(6-3-13)30-12-20(8-9-20)19(28)16-7-4-14(11-25-16)21(22,23)24/h2-7,11,17,19,28H,8-10,12H2,1H3,(H,26,27). The van der Waals surface area contributed by atoms with E-state index in [-0.39, 0.29) is 18.7 Å². The molecule has 1 aliphatic carbocycles. The van der Waals surface area contributed by atoms with E-state index in [1.54, 1.807) is 24.3 Å². The van der Waals surface area contributed by atoms with Crippen molar-refractivity contribution >= 4 is 5.97 Å². The summed E-state index contributed by atoms with van der Waals surface area (Å²) in [5.41, 5.74) is -0.584. The molecule has 2 N–H and O–H groups in total. The number of aliphatic hydroxyl groups is 1. The molecule has 2 unspecified atom stereocenters. The number of methoxy groups -OCH3 is 1. The quantitative estimate of drug-likeness (QED) is 0.627. The Balaban J connectivity index is 1.62. The van der Waals surface area contributed by atoms with Gasteiger partial charge in [0.25, 0.3) is 0 Å². The second-order valence-corrected chi connectivity index (χ2v) is 7.41. The van der Waals surface area contributed by atoms with Crippen LogP contribution in [0, 0.1) is 5.41 Å². The van der Waals surface area contributed by atoms with Gasteiger partial charge in [0.15, 0.2) is 0 Å². The van der Waals surface area contributed by atoms with Crippen LogP contribution in [0.1, 0.15) is 48.3 Å². The largest absolute Gasteiger partial charge is 0.493 e. The molecule has 162 valence electrons. The number of nitrogens with zero attached hydrogens (tertiary/aromatic N) is 1. The Labute approximate surface area is 171 Å². The molecule has 1 saturated carbocycles. The molecular weight excluding hydrogens is 403 g/mol. The van der Waals surface area contributed by atoms with E-state index in [2.05, 4.69) is 4.98 Å². The minimum atomic E-state index is -4.48. The molecule has 3 rings (SSSR count). The van der Waals surface area contributed by atoms with Gasteiger partial charge >= 0.3 is 12.1 Å². The SMILES string of the molecule is COC(CC(=O)O)c1ccc(OCC2(C(O)c3ccc(C(F)(F)F)cn3)CC2)cc1. The van der Waals surface area contributed by atoms with Gasteiger partial charge in [0.05, 0.1) is 30.4 Å². The molecule has 0 amide bonds. The Bertz CT molecular complexity index is 864. The van der Waals surface area contributed by atoms with Gasteiger partial charge in [-0.15, -0.1) is 0 Å². The molecule has 0 bridgehead atoms. The number of aliphatic hydroxyl groups excluding tert-OH is 1. The minimum Gasteiger partial charge on any atom is -0.493 e. The number of benzene rings is 1. The van der Waals surface area contributed by atoms with Crippen LogP contribution < -0.4 is 4.74 Å². The lowest BCUT2D eigenvalue weighted by Crippen LogP contribution is -2.23. The number of carbonyl (C=O) groups is 1. The zero-order valence-electron chi connectivity index (χ0n) is 16.2. The fourth-order valence-electron chi connectivity index (χ4n) is 3.21. The predicted octanol–water partition coefficient (Wildman–Crippen LogP) is 4.16. The van der Waals surface area contributed by atoms with E-state index in [9.17, 15) is 23.1 Å². The monoisotopic (exact) mass is 425 g/mol. The molecule has 0 radical (unpaired) electrons. The summed E-state index contributed by atoms with van der Waals surface area (Å²) in [4.78, 5) is 14.7. The van der Waals surface area contributed by atoms with Crippen LogP contribution in [0.5, 0.6) is 5.75 Å². The maximum absolute atomic E-state index is 12.7. The summed E-state index contributed by atoms with van der Waals surface area (Å²) in [6, 6.07) is 8.88. The number of alkyl halides is 3. The molecule has 0 saturated heterocycles. The molecule has 1 aromatic carbocycles. The molecule has 6 nitrogen and oxygen atoms in total. The highest BCUT2D eigenvalue weighted by molar-refractivity contribution is 5.67. The number of rotatable bonds is 9. The lowest BCUT2D eigenvalue weighted by molar-refractivity contribution is -0.140. The van der Waals surface area contributed by atoms with E-state index in [4.69, 9.17) is 14.6 Å². The molecule has 9 heteroatoms. The second-order valence-electron chi connectivity index (χ2n) is 7.41. The van der Waals surface area contributed by atoms with Crippen LogP contribution in [0.4, 0.5) is 13.2 Å². The summed E-state index contributed by atoms with van der Waals surface area (Å²) in [7, 11) is 1.44. The first-order valence-corrected chi connectivity index (χ1v) is 9.33. The normalized spacial score (nSPS) is 17.2. The lowest BCUT2D eigenvalue weighted by atomic mass is 9.96. The topological polar surface area (TPSA) is 88.9 Å². The number of carboxylic acids is 1. The van der Waals surface area contributed by atoms with Gasteiger partial charge in [0, 0.05) is 18.7 Å². The average Bonchev–Trinajstić information content (AvgIpc) is 3.51. The van der Waals surface area contributed by atoms with Crippen LogP contribution in [-0.2, 0) is 15.7 Å². The molecular formula is C21H22F3NO5. The van der Waals surface area contributed by atoms with Gasteiger partial charge in [0.2, 0.25) is 0 Å². The number of carboxylic acid groups (broad SMARTS) is 1. The predicted molar refractivity (Wildman–Crippen MR) is 99.8 cm³/mol. The van der Waals surface area contributed by atoms with E-state index in [0.29, 0.717) is 24.2 Å². The summed E-state index contributed by atoms with van der Waals surface area (Å²) < 4.78 is 49.0. The number of pyridine rings is 1. The molecule has 1 aromatic heterocycles. The number of ether oxygens (including phenoxy) is 2. The first-order valence-electron chi connectivity index (χ1n) is 9.33. The van der Waals surface area contributed by atoms with E-state index in [0.717, 1.165) is 12.3 Å². The van der Waals surface area contributed by atoms with Crippen LogP contribution >= 0.6 is 0 Å². The number of halogens is 3. The van der Waals surface area contributed by atoms with Gasteiger partial charge in [-0.05, 0) is 42.7 Å². The van der Waals surface area contributed by atoms with Crippen molar-refractivity contribution in [2.75, 3.05) is 13.7 Å². The number of hydrogen-bond donors (Lipinski definition) is 2. The van der Waals surface area contributed by atoms with Crippen LogP contribution in [0.25, 0.3) is 0 Å². The second kappa shape index (κ2) is 8.61. The first-order chi connectivity index (χ1) is 14.1. The molecule has 1 fully saturated rings. The molecule has 0 spiro atoms. The number of aromatic nitrogens is 1. The van der Waals surface area contributed by atoms with Crippen molar-refractivity contribution in [1.29, 1.82) is 0 Å². The van der Waals surface area contributed by atoms with Gasteiger partial charge in [0.1, 0.15) is 11.9 Å². The van der Waals surface area contributed by atoms with Crippen LogP contribution in [0.2, 0.25) is 0 Å². The Kier molecular flexibility index (Phi) is 6.33. The highest BCUT2D eigenvalue weighted by Crippen LogP contribution is 2.54. The fraction of sp³-hybridized carbons (Fsp3) is 0.429. The molecule has 2 atom stereocenters. The Hall–Kier alpha value is -2.65. The highest BCUT2D eigenvalue weighted by atomic mass is 19.4. The van der Waals surface area contributed by atoms with Crippen molar-refractivity contribution in [2.45, 2.75) is 37.6 Å². The fourth-order valence-corrected chi connectivity index (χ4v) is 3.21. The summed E-state index contributed by atoms with van der Waals surface area (Å²) in [5.74, 6) is -0.438. The Morgan fingerprint density at radius 3 is 2.33 bits per heavy atom. The third kappa shape index (κ3) is 5.09. The summed E-state index contributed by atoms with van der Waals surface area (Å²) in [6.45, 7) is 0.180. The summed E-state index contributed by atoms with van der Waals surface area (Å²) in [5, 5.41) is 19.5. The van der Waals surface area contributed by atoms with Crippen molar-refractivity contribution in [3.8, 4) is 5.75 Å². The van der Waals surface area contributed by atoms with E-state index in [1.807, 2.05) is 0 Å². The average molecular weight is 425 g/mol. The highest BCUT2D eigenvalue weighted by Gasteiger charge is 2.51. The number of aliphatic carboxylic acids is 1. The van der Waals surface area contributed by atoms with Gasteiger partial charge in [-0.2, -0.15) is 13.2 Å². The molecule has 0 aliphatic heterocycles. The van der Waals surface area contributed by atoms with Crippen molar-refractivity contribution < 1.29 is 37.7 Å². The van der Waals surface area contributed by atoms with E-state index < -0.39 is 35.3 Å². The maximum Gasteiger partial charge on any atom is 0.417 e. The Morgan fingerprint density at radius 2 is 1.87 bits per heavy atom. The van der Waals surface area contributed by atoms with Crippen molar-refractivity contribution in [2.24, 2.45) is 5.41 Å². The van der Waals surface area contributed by atoms with Crippen LogP contribution in [0.15, 0.2) is 42.6 Å². The van der Waals surface area contributed by atoms with Crippen LogP contribution in [0.3, 0.4) is 0 Å². The van der Waals surface area contributed by atoms with Crippen molar-refractivity contribution in [3.05, 3.63) is 59.4 Å². The smallest absolute Gasteiger partial charge is 0.417 e. The number of hydrogen-bond acceptors (Lipinski definition) is 5. The Morgan fingerprint density at radius 1 is 1.20 bits per heavy atom. The molecule has 2 aromatic rings. The van der Waals surface area contributed by atoms with Gasteiger partial charge in [-0.1, -0.05) is 12.1 Å². The third-order valence-electron chi connectivity index (χ3n) is 5.29. The van der Waals surface area contributed by atoms with Gasteiger partial charge in [-0.25, -0.2) is 0 Å². The maximum atomic E-state index is 12.7. The van der Waals surface area contributed by atoms with E-state index >= 15 is 0 Å². The van der Waals surface area contributed by atoms with Crippen molar-refractivity contribution in [3.63, 3.8) is 0 Å². The third-order valence-corrected chi connectivity index (χ3v) is 5.29. The van der Waals surface area contributed by atoms with Gasteiger partial charge in [-0.3, -0.25) is 9.78 Å². The lowest BCUT2D eigenvalue weighted by Gasteiger charge is -2.22. The zero-order chi connectivity index (χ0) is 21.9.